The van der Waals surface area contributed by atoms with Gasteiger partial charge in [0.1, 0.15) is 6.29 Å². The summed E-state index contributed by atoms with van der Waals surface area (Å²) >= 11 is 0. The smallest absolute Gasteiger partial charge is 0.123 e. The molecule has 0 aromatic carbocycles. The summed E-state index contributed by atoms with van der Waals surface area (Å²) < 4.78 is 0. The van der Waals surface area contributed by atoms with Crippen molar-refractivity contribution in [3.8, 4) is 0 Å². The fourth-order valence-electron chi connectivity index (χ4n) is 2.05. The van der Waals surface area contributed by atoms with Crippen molar-refractivity contribution in [2.45, 2.75) is 65.2 Å². The molecule has 0 aromatic heterocycles. The Kier molecular flexibility index (Phi) is 17.1. The molecule has 0 rings (SSSR count). The Morgan fingerprint density at radius 1 is 0.652 bits per heavy atom. The molecule has 0 aliphatic rings. The number of aldehydes is 1. The lowest BCUT2D eigenvalue weighted by molar-refractivity contribution is -0.111. The lowest BCUT2D eigenvalue weighted by Gasteiger charge is -2.02. The van der Waals surface area contributed by atoms with Crippen molar-refractivity contribution in [1.82, 2.24) is 0 Å². The van der Waals surface area contributed by atoms with Gasteiger partial charge < -0.3 is 4.79 Å². The number of carbonyl (C=O) groups excluding carboxylic acids is 1. The number of rotatable bonds is 14. The van der Waals surface area contributed by atoms with Crippen molar-refractivity contribution < 1.29 is 4.79 Å². The van der Waals surface area contributed by atoms with Crippen molar-refractivity contribution in [3.05, 3.63) is 60.8 Å². The zero-order chi connectivity index (χ0) is 17.0. The van der Waals surface area contributed by atoms with Crippen LogP contribution in [0.15, 0.2) is 60.8 Å². The predicted molar refractivity (Wildman–Crippen MR) is 104 cm³/mol. The number of hydrogen-bond acceptors (Lipinski definition) is 1. The van der Waals surface area contributed by atoms with Gasteiger partial charge in [0.15, 0.2) is 0 Å². The van der Waals surface area contributed by atoms with E-state index in [2.05, 4.69) is 74.6 Å². The Balaban J connectivity index is 3.54. The van der Waals surface area contributed by atoms with E-state index in [1.54, 1.807) is 0 Å². The topological polar surface area (TPSA) is 17.1 Å². The van der Waals surface area contributed by atoms with Gasteiger partial charge in [-0.05, 0) is 51.4 Å². The maximum absolute atomic E-state index is 10.7. The molecule has 0 spiro atoms. The molecule has 1 atom stereocenters. The van der Waals surface area contributed by atoms with Crippen LogP contribution in [0, 0.1) is 5.92 Å². The Morgan fingerprint density at radius 3 is 1.48 bits per heavy atom. The molecule has 0 bridgehead atoms. The average molecular weight is 315 g/mol. The lowest BCUT2D eigenvalue weighted by Crippen LogP contribution is -1.98. The second-order valence-corrected chi connectivity index (χ2v) is 5.59. The summed E-state index contributed by atoms with van der Waals surface area (Å²) in [4.78, 5) is 10.7. The maximum atomic E-state index is 10.7. The van der Waals surface area contributed by atoms with Gasteiger partial charge in [-0.1, -0.05) is 74.6 Å². The molecule has 1 unspecified atom stereocenters. The van der Waals surface area contributed by atoms with Crippen LogP contribution in [0.2, 0.25) is 0 Å². The fourth-order valence-corrected chi connectivity index (χ4v) is 2.05. The molecular weight excluding hydrogens is 280 g/mol. The third-order valence-corrected chi connectivity index (χ3v) is 3.58. The van der Waals surface area contributed by atoms with Crippen molar-refractivity contribution in [2.24, 2.45) is 5.92 Å². The van der Waals surface area contributed by atoms with E-state index in [0.29, 0.717) is 0 Å². The normalized spacial score (nSPS) is 14.2. The quantitative estimate of drug-likeness (QED) is 0.256. The number of allylic oxidation sites excluding steroid dienone is 10. The minimum Gasteiger partial charge on any atom is -0.303 e. The van der Waals surface area contributed by atoms with Crippen LogP contribution in [0.4, 0.5) is 0 Å². The largest absolute Gasteiger partial charge is 0.303 e. The summed E-state index contributed by atoms with van der Waals surface area (Å²) in [5.41, 5.74) is 0. The first kappa shape index (κ1) is 21.4. The first-order valence-corrected chi connectivity index (χ1v) is 9.05. The van der Waals surface area contributed by atoms with Gasteiger partial charge in [0, 0.05) is 5.92 Å². The first-order valence-electron chi connectivity index (χ1n) is 9.05. The Labute approximate surface area is 143 Å². The Hall–Kier alpha value is -1.63. The van der Waals surface area contributed by atoms with E-state index in [1.807, 2.05) is 0 Å². The van der Waals surface area contributed by atoms with Gasteiger partial charge in [0.25, 0.3) is 0 Å². The van der Waals surface area contributed by atoms with Gasteiger partial charge in [0.05, 0.1) is 0 Å². The van der Waals surface area contributed by atoms with E-state index >= 15 is 0 Å². The molecule has 1 nitrogen and oxygen atoms in total. The van der Waals surface area contributed by atoms with E-state index in [-0.39, 0.29) is 5.92 Å². The summed E-state index contributed by atoms with van der Waals surface area (Å²) in [5.74, 6) is 0.233. The van der Waals surface area contributed by atoms with Gasteiger partial charge in [-0.3, -0.25) is 0 Å². The highest BCUT2D eigenvalue weighted by Gasteiger charge is 2.00. The van der Waals surface area contributed by atoms with Gasteiger partial charge in [-0.15, -0.1) is 0 Å². The van der Waals surface area contributed by atoms with E-state index in [4.69, 9.17) is 0 Å². The summed E-state index contributed by atoms with van der Waals surface area (Å²) in [6, 6.07) is 0. The molecule has 0 aliphatic heterocycles. The monoisotopic (exact) mass is 314 g/mol. The van der Waals surface area contributed by atoms with Crippen molar-refractivity contribution >= 4 is 6.29 Å². The maximum Gasteiger partial charge on any atom is 0.123 e. The molecule has 0 fully saturated rings. The van der Waals surface area contributed by atoms with E-state index in [9.17, 15) is 4.79 Å². The summed E-state index contributed by atoms with van der Waals surface area (Å²) in [5, 5.41) is 0. The standard InChI is InChI=1S/C22H34O/c1-3-5-6-7-8-9-10-11-12-13-14-15-16-17-18-19-20-22(4-2)21-23/h5-6,8-9,11-12,14-15,17-18,21-22H,3-4,7,10,13,16,19-20H2,1-2H3/b6-5-,9-8-,12-11-,15-14-,18-17-. The molecular formula is C22H34O. The van der Waals surface area contributed by atoms with Crippen LogP contribution in [0.5, 0.6) is 0 Å². The van der Waals surface area contributed by atoms with Crippen LogP contribution in [-0.4, -0.2) is 6.29 Å². The van der Waals surface area contributed by atoms with Gasteiger partial charge >= 0.3 is 0 Å². The van der Waals surface area contributed by atoms with Crippen LogP contribution in [0.25, 0.3) is 0 Å². The van der Waals surface area contributed by atoms with Crippen LogP contribution < -0.4 is 0 Å². The highest BCUT2D eigenvalue weighted by Crippen LogP contribution is 2.08. The molecule has 23 heavy (non-hydrogen) atoms. The second kappa shape index (κ2) is 18.4. The number of carbonyl (C=O) groups is 1. The van der Waals surface area contributed by atoms with Crippen LogP contribution in [0.1, 0.15) is 65.2 Å². The zero-order valence-electron chi connectivity index (χ0n) is 15.0. The molecule has 128 valence electrons. The molecule has 0 aliphatic carbocycles. The third-order valence-electron chi connectivity index (χ3n) is 3.58. The summed E-state index contributed by atoms with van der Waals surface area (Å²) in [6.07, 6.45) is 31.2. The van der Waals surface area contributed by atoms with Crippen molar-refractivity contribution in [1.29, 1.82) is 0 Å². The minimum absolute atomic E-state index is 0.233. The van der Waals surface area contributed by atoms with Gasteiger partial charge in [-0.2, -0.15) is 0 Å². The van der Waals surface area contributed by atoms with Crippen LogP contribution >= 0.6 is 0 Å². The molecule has 1 heteroatoms. The van der Waals surface area contributed by atoms with Gasteiger partial charge in [0.2, 0.25) is 0 Å². The SMILES string of the molecule is CC/C=C\C/C=C\C/C=C\C/C=C\C/C=C\CCC(C=O)CC. The summed E-state index contributed by atoms with van der Waals surface area (Å²) in [7, 11) is 0. The number of hydrogen-bond donors (Lipinski definition) is 0. The molecule has 0 amide bonds. The molecule has 0 N–H and O–H groups in total. The summed E-state index contributed by atoms with van der Waals surface area (Å²) in [6.45, 7) is 4.22. The second-order valence-electron chi connectivity index (χ2n) is 5.59. The van der Waals surface area contributed by atoms with Crippen molar-refractivity contribution in [2.75, 3.05) is 0 Å². The first-order chi connectivity index (χ1) is 11.3. The van der Waals surface area contributed by atoms with E-state index in [1.165, 1.54) is 0 Å². The highest BCUT2D eigenvalue weighted by atomic mass is 16.1. The molecule has 0 heterocycles. The molecule has 0 aromatic rings. The Morgan fingerprint density at radius 2 is 1.09 bits per heavy atom. The molecule has 0 radical (unpaired) electrons. The van der Waals surface area contributed by atoms with Crippen LogP contribution in [0.3, 0.4) is 0 Å². The van der Waals surface area contributed by atoms with Crippen LogP contribution in [-0.2, 0) is 4.79 Å². The fraction of sp³-hybridized carbons (Fsp3) is 0.500. The minimum atomic E-state index is 0.233. The van der Waals surface area contributed by atoms with Gasteiger partial charge in [-0.25, -0.2) is 0 Å². The Bertz CT molecular complexity index is 396. The highest BCUT2D eigenvalue weighted by molar-refractivity contribution is 5.53. The zero-order valence-corrected chi connectivity index (χ0v) is 15.0. The van der Waals surface area contributed by atoms with E-state index < -0.39 is 0 Å². The average Bonchev–Trinajstić information content (AvgIpc) is 2.58. The molecule has 0 saturated heterocycles. The lowest BCUT2D eigenvalue weighted by atomic mass is 10.0. The molecule has 0 saturated carbocycles. The van der Waals surface area contributed by atoms with E-state index in [0.717, 1.165) is 57.7 Å². The predicted octanol–water partition coefficient (Wildman–Crippen LogP) is 6.74. The van der Waals surface area contributed by atoms with Crippen molar-refractivity contribution in [3.63, 3.8) is 0 Å². The third kappa shape index (κ3) is 16.6.